The summed E-state index contributed by atoms with van der Waals surface area (Å²) in [5.74, 6) is -0.742. The average molecular weight is 309 g/mol. The largest absolute Gasteiger partial charge is 0.481 e. The topological polar surface area (TPSA) is 66.4 Å². The molecule has 0 heterocycles. The minimum absolute atomic E-state index is 0.0446. The summed E-state index contributed by atoms with van der Waals surface area (Å²) in [5, 5.41) is 11.8. The van der Waals surface area contributed by atoms with E-state index in [0.717, 1.165) is 5.56 Å². The Morgan fingerprint density at radius 3 is 2.24 bits per heavy atom. The SMILES string of the molecule is CSCC(=O)NC(CC(=O)O)c1ccc(C(C)(C)C)cc1. The highest BCUT2D eigenvalue weighted by Gasteiger charge is 2.19. The molecule has 5 heteroatoms. The summed E-state index contributed by atoms with van der Waals surface area (Å²) in [6, 6.07) is 7.29. The molecule has 0 aliphatic heterocycles. The molecule has 1 unspecified atom stereocenters. The van der Waals surface area contributed by atoms with Crippen LogP contribution in [0, 0.1) is 0 Å². The first-order valence-electron chi connectivity index (χ1n) is 6.84. The van der Waals surface area contributed by atoms with E-state index in [2.05, 4.69) is 26.1 Å². The van der Waals surface area contributed by atoms with Crippen molar-refractivity contribution in [3.63, 3.8) is 0 Å². The molecule has 4 nitrogen and oxygen atoms in total. The fourth-order valence-corrected chi connectivity index (χ4v) is 2.35. The molecule has 0 aliphatic carbocycles. The number of hydrogen-bond acceptors (Lipinski definition) is 3. The van der Waals surface area contributed by atoms with Crippen molar-refractivity contribution in [2.24, 2.45) is 0 Å². The Bertz CT molecular complexity index is 491. The molecule has 0 saturated heterocycles. The number of carboxylic acid groups (broad SMARTS) is 1. The smallest absolute Gasteiger partial charge is 0.305 e. The first-order chi connectivity index (χ1) is 9.74. The Labute approximate surface area is 130 Å². The summed E-state index contributed by atoms with van der Waals surface area (Å²) in [4.78, 5) is 22.7. The number of carboxylic acids is 1. The van der Waals surface area contributed by atoms with Gasteiger partial charge in [-0.25, -0.2) is 0 Å². The van der Waals surface area contributed by atoms with E-state index in [1.165, 1.54) is 17.3 Å². The van der Waals surface area contributed by atoms with Crippen LogP contribution >= 0.6 is 11.8 Å². The van der Waals surface area contributed by atoms with Crippen LogP contribution in [0.15, 0.2) is 24.3 Å². The lowest BCUT2D eigenvalue weighted by Crippen LogP contribution is -2.31. The van der Waals surface area contributed by atoms with E-state index in [1.54, 1.807) is 0 Å². The van der Waals surface area contributed by atoms with Gasteiger partial charge in [-0.15, -0.1) is 0 Å². The van der Waals surface area contributed by atoms with Crippen LogP contribution in [0.5, 0.6) is 0 Å². The van der Waals surface area contributed by atoms with Crippen molar-refractivity contribution in [2.45, 2.75) is 38.6 Å². The zero-order valence-electron chi connectivity index (χ0n) is 13.0. The van der Waals surface area contributed by atoms with E-state index in [1.807, 2.05) is 30.5 Å². The fraction of sp³-hybridized carbons (Fsp3) is 0.500. The lowest BCUT2D eigenvalue weighted by molar-refractivity contribution is -0.137. The molecule has 0 spiro atoms. The summed E-state index contributed by atoms with van der Waals surface area (Å²) in [5.41, 5.74) is 2.04. The van der Waals surface area contributed by atoms with Crippen LogP contribution in [-0.4, -0.2) is 29.0 Å². The minimum atomic E-state index is -0.927. The zero-order chi connectivity index (χ0) is 16.0. The molecule has 0 saturated carbocycles. The number of aliphatic carboxylic acids is 1. The van der Waals surface area contributed by atoms with Crippen molar-refractivity contribution in [3.8, 4) is 0 Å². The number of amides is 1. The standard InChI is InChI=1S/C16H23NO3S/c1-16(2,3)12-7-5-11(6-8-12)13(9-15(19)20)17-14(18)10-21-4/h5-8,13H,9-10H2,1-4H3,(H,17,18)(H,19,20). The Balaban J connectivity index is 2.92. The summed E-state index contributed by atoms with van der Waals surface area (Å²) in [6.07, 6.45) is 1.72. The van der Waals surface area contributed by atoms with E-state index < -0.39 is 12.0 Å². The van der Waals surface area contributed by atoms with Gasteiger partial charge in [-0.3, -0.25) is 9.59 Å². The first-order valence-corrected chi connectivity index (χ1v) is 8.24. The van der Waals surface area contributed by atoms with Crippen molar-refractivity contribution >= 4 is 23.6 Å². The number of carbonyl (C=O) groups excluding carboxylic acids is 1. The first kappa shape index (κ1) is 17.6. The Morgan fingerprint density at radius 2 is 1.81 bits per heavy atom. The van der Waals surface area contributed by atoms with E-state index in [0.29, 0.717) is 5.75 Å². The number of benzene rings is 1. The van der Waals surface area contributed by atoms with Crippen LogP contribution < -0.4 is 5.32 Å². The Kier molecular flexibility index (Phi) is 6.27. The molecule has 0 bridgehead atoms. The van der Waals surface area contributed by atoms with Crippen molar-refractivity contribution in [3.05, 3.63) is 35.4 Å². The lowest BCUT2D eigenvalue weighted by Gasteiger charge is -2.21. The summed E-state index contributed by atoms with van der Waals surface area (Å²) >= 11 is 1.41. The highest BCUT2D eigenvalue weighted by molar-refractivity contribution is 7.99. The number of hydrogen-bond donors (Lipinski definition) is 2. The van der Waals surface area contributed by atoms with Crippen LogP contribution in [0.25, 0.3) is 0 Å². The second kappa shape index (κ2) is 7.50. The molecule has 1 amide bonds. The van der Waals surface area contributed by atoms with Gasteiger partial charge in [-0.05, 0) is 22.8 Å². The van der Waals surface area contributed by atoms with E-state index in [4.69, 9.17) is 5.11 Å². The van der Waals surface area contributed by atoms with Gasteiger partial charge in [-0.1, -0.05) is 45.0 Å². The van der Waals surface area contributed by atoms with Crippen LogP contribution in [0.2, 0.25) is 0 Å². The number of carbonyl (C=O) groups is 2. The van der Waals surface area contributed by atoms with Crippen LogP contribution in [0.4, 0.5) is 0 Å². The molecule has 2 N–H and O–H groups in total. The molecule has 0 aliphatic rings. The van der Waals surface area contributed by atoms with Crippen molar-refractivity contribution in [2.75, 3.05) is 12.0 Å². The van der Waals surface area contributed by atoms with Crippen LogP contribution in [0.3, 0.4) is 0 Å². The third-order valence-corrected chi connectivity index (χ3v) is 3.72. The molecule has 0 radical (unpaired) electrons. The Morgan fingerprint density at radius 1 is 1.24 bits per heavy atom. The van der Waals surface area contributed by atoms with Gasteiger partial charge in [0.25, 0.3) is 0 Å². The van der Waals surface area contributed by atoms with Crippen molar-refractivity contribution in [1.82, 2.24) is 5.32 Å². The third kappa shape index (κ3) is 5.79. The van der Waals surface area contributed by atoms with Crippen molar-refractivity contribution < 1.29 is 14.7 Å². The maximum absolute atomic E-state index is 11.7. The molecule has 1 atom stereocenters. The van der Waals surface area contributed by atoms with Gasteiger partial charge >= 0.3 is 5.97 Å². The average Bonchev–Trinajstić information content (AvgIpc) is 2.37. The number of thioether (sulfide) groups is 1. The molecular formula is C16H23NO3S. The molecule has 116 valence electrons. The second-order valence-electron chi connectivity index (χ2n) is 6.02. The molecule has 1 aromatic carbocycles. The predicted molar refractivity (Wildman–Crippen MR) is 86.7 cm³/mol. The zero-order valence-corrected chi connectivity index (χ0v) is 13.8. The van der Waals surface area contributed by atoms with Gasteiger partial charge in [0.1, 0.15) is 0 Å². The van der Waals surface area contributed by atoms with Gasteiger partial charge < -0.3 is 10.4 Å². The van der Waals surface area contributed by atoms with Gasteiger partial charge in [0.2, 0.25) is 5.91 Å². The summed E-state index contributed by atoms with van der Waals surface area (Å²) in [6.45, 7) is 6.37. The van der Waals surface area contributed by atoms with E-state index >= 15 is 0 Å². The van der Waals surface area contributed by atoms with Crippen LogP contribution in [0.1, 0.15) is 44.4 Å². The Hall–Kier alpha value is -1.49. The maximum atomic E-state index is 11.7. The van der Waals surface area contributed by atoms with Crippen LogP contribution in [-0.2, 0) is 15.0 Å². The van der Waals surface area contributed by atoms with Gasteiger partial charge in [0, 0.05) is 0 Å². The van der Waals surface area contributed by atoms with Gasteiger partial charge in [-0.2, -0.15) is 11.8 Å². The highest BCUT2D eigenvalue weighted by Crippen LogP contribution is 2.25. The van der Waals surface area contributed by atoms with E-state index in [-0.39, 0.29) is 17.7 Å². The predicted octanol–water partition coefficient (Wildman–Crippen LogP) is 2.98. The normalized spacial score (nSPS) is 12.8. The summed E-state index contributed by atoms with van der Waals surface area (Å²) in [7, 11) is 0. The number of rotatable bonds is 6. The lowest BCUT2D eigenvalue weighted by atomic mass is 9.86. The minimum Gasteiger partial charge on any atom is -0.481 e. The van der Waals surface area contributed by atoms with Crippen molar-refractivity contribution in [1.29, 1.82) is 0 Å². The van der Waals surface area contributed by atoms with Gasteiger partial charge in [0.15, 0.2) is 0 Å². The van der Waals surface area contributed by atoms with Gasteiger partial charge in [0.05, 0.1) is 18.2 Å². The molecular weight excluding hydrogens is 286 g/mol. The quantitative estimate of drug-likeness (QED) is 0.848. The molecule has 0 fully saturated rings. The monoisotopic (exact) mass is 309 g/mol. The highest BCUT2D eigenvalue weighted by atomic mass is 32.2. The molecule has 21 heavy (non-hydrogen) atoms. The third-order valence-electron chi connectivity index (χ3n) is 3.17. The second-order valence-corrected chi connectivity index (χ2v) is 6.89. The molecule has 1 rings (SSSR count). The molecule has 0 aromatic heterocycles. The molecule has 1 aromatic rings. The maximum Gasteiger partial charge on any atom is 0.305 e. The fourth-order valence-electron chi connectivity index (χ4n) is 2.01. The number of nitrogens with one attached hydrogen (secondary N) is 1. The van der Waals surface area contributed by atoms with E-state index in [9.17, 15) is 9.59 Å². The summed E-state index contributed by atoms with van der Waals surface area (Å²) < 4.78 is 0.